The third-order valence-corrected chi connectivity index (χ3v) is 4.46. The van der Waals surface area contributed by atoms with E-state index in [9.17, 15) is 18.3 Å². The minimum absolute atomic E-state index is 0.330. The number of carbonyl (C=O) groups is 1. The summed E-state index contributed by atoms with van der Waals surface area (Å²) < 4.78 is 38.9. The molecule has 0 spiro atoms. The summed E-state index contributed by atoms with van der Waals surface area (Å²) in [5, 5.41) is 15.7. The largest absolute Gasteiger partial charge is 0.394 e. The number of hydrogen-bond acceptors (Lipinski definition) is 8. The molecule has 2 N–H and O–H groups in total. The van der Waals surface area contributed by atoms with E-state index in [4.69, 9.17) is 19.2 Å². The molecule has 1 aliphatic rings. The lowest BCUT2D eigenvalue weighted by atomic mass is 9.94. The van der Waals surface area contributed by atoms with E-state index < -0.39 is 53.2 Å². The SMILES string of the molecule is CO[C@@H]1O[C@H](CO)[C@@H](OS(C)(=O)=O)[C@H](N=[N+]=[N-])[C@H]1NC(=O)c1ccccc1. The number of methoxy groups -OCH3 is 1. The lowest BCUT2D eigenvalue weighted by Crippen LogP contribution is -2.64. The van der Waals surface area contributed by atoms with E-state index in [1.165, 1.54) is 7.11 Å². The van der Waals surface area contributed by atoms with Gasteiger partial charge in [-0.1, -0.05) is 23.3 Å². The van der Waals surface area contributed by atoms with Gasteiger partial charge in [0.2, 0.25) is 0 Å². The highest BCUT2D eigenvalue weighted by Crippen LogP contribution is 2.28. The van der Waals surface area contributed by atoms with Crippen molar-refractivity contribution in [3.63, 3.8) is 0 Å². The average Bonchev–Trinajstić information content (AvgIpc) is 2.64. The highest BCUT2D eigenvalue weighted by Gasteiger charge is 2.48. The van der Waals surface area contributed by atoms with E-state index in [1.54, 1.807) is 30.3 Å². The Labute approximate surface area is 156 Å². The third-order valence-electron chi connectivity index (χ3n) is 3.89. The fourth-order valence-electron chi connectivity index (χ4n) is 2.76. The molecule has 0 aliphatic carbocycles. The Morgan fingerprint density at radius 1 is 1.41 bits per heavy atom. The molecule has 5 atom stereocenters. The first-order valence-electron chi connectivity index (χ1n) is 7.88. The van der Waals surface area contributed by atoms with Crippen LogP contribution in [0.5, 0.6) is 0 Å². The van der Waals surface area contributed by atoms with Crippen molar-refractivity contribution in [2.75, 3.05) is 20.0 Å². The first-order valence-corrected chi connectivity index (χ1v) is 9.70. The molecule has 0 bridgehead atoms. The number of carbonyl (C=O) groups excluding carboxylic acids is 1. The summed E-state index contributed by atoms with van der Waals surface area (Å²) in [6, 6.07) is 5.95. The van der Waals surface area contributed by atoms with Gasteiger partial charge in [-0.05, 0) is 17.7 Å². The van der Waals surface area contributed by atoms with Gasteiger partial charge in [0.25, 0.3) is 16.0 Å². The molecular formula is C15H20N4O7S. The highest BCUT2D eigenvalue weighted by molar-refractivity contribution is 7.86. The number of benzene rings is 1. The van der Waals surface area contributed by atoms with Crippen molar-refractivity contribution in [1.82, 2.24) is 5.32 Å². The van der Waals surface area contributed by atoms with Crippen LogP contribution in [0.2, 0.25) is 0 Å². The minimum atomic E-state index is -3.97. The Hall–Kier alpha value is -2.21. The number of amides is 1. The van der Waals surface area contributed by atoms with Gasteiger partial charge in [-0.25, -0.2) is 0 Å². The summed E-state index contributed by atoms with van der Waals surface area (Å²) in [7, 11) is -2.68. The Kier molecular flexibility index (Phi) is 7.13. The van der Waals surface area contributed by atoms with E-state index in [-0.39, 0.29) is 0 Å². The minimum Gasteiger partial charge on any atom is -0.394 e. The van der Waals surface area contributed by atoms with Crippen LogP contribution in [0.4, 0.5) is 0 Å². The van der Waals surface area contributed by atoms with Crippen molar-refractivity contribution in [2.45, 2.75) is 30.6 Å². The first-order chi connectivity index (χ1) is 12.8. The monoisotopic (exact) mass is 400 g/mol. The van der Waals surface area contributed by atoms with Crippen LogP contribution in [0.3, 0.4) is 0 Å². The van der Waals surface area contributed by atoms with E-state index >= 15 is 0 Å². The number of azide groups is 1. The fourth-order valence-corrected chi connectivity index (χ4v) is 3.41. The maximum Gasteiger partial charge on any atom is 0.264 e. The molecule has 2 rings (SSSR count). The number of aliphatic hydroxyl groups is 1. The second-order valence-electron chi connectivity index (χ2n) is 5.79. The molecule has 0 saturated carbocycles. The van der Waals surface area contributed by atoms with Crippen molar-refractivity contribution in [2.24, 2.45) is 5.11 Å². The predicted octanol–water partition coefficient (Wildman–Crippen LogP) is 0.172. The molecule has 1 aromatic carbocycles. The Balaban J connectivity index is 2.37. The Morgan fingerprint density at radius 2 is 2.07 bits per heavy atom. The average molecular weight is 400 g/mol. The quantitative estimate of drug-likeness (QED) is 0.285. The summed E-state index contributed by atoms with van der Waals surface area (Å²) >= 11 is 0. The standard InChI is InChI=1S/C15H20N4O7S/c1-24-15-12(17-14(21)9-6-4-3-5-7-9)11(18-19-16)13(10(8-20)25-15)26-27(2,22)23/h3-7,10-13,15,20H,8H2,1-2H3,(H,17,21)/t10-,11-,12-,13-,15-/m1/s1. The number of ether oxygens (including phenoxy) is 2. The number of nitrogens with zero attached hydrogens (tertiary/aromatic N) is 3. The lowest BCUT2D eigenvalue weighted by Gasteiger charge is -2.43. The summed E-state index contributed by atoms with van der Waals surface area (Å²) in [6.07, 6.45) is -2.79. The van der Waals surface area contributed by atoms with Crippen LogP contribution in [0, 0.1) is 0 Å². The molecule has 12 heteroatoms. The molecule has 148 valence electrons. The number of rotatable bonds is 7. The topological polar surface area (TPSA) is 160 Å². The van der Waals surface area contributed by atoms with Crippen LogP contribution in [-0.4, -0.2) is 70.0 Å². The van der Waals surface area contributed by atoms with Crippen LogP contribution in [-0.2, 0) is 23.8 Å². The fraction of sp³-hybridized carbons (Fsp3) is 0.533. The van der Waals surface area contributed by atoms with Gasteiger partial charge in [-0.3, -0.25) is 8.98 Å². The summed E-state index contributed by atoms with van der Waals surface area (Å²) in [4.78, 5) is 15.2. The van der Waals surface area contributed by atoms with Gasteiger partial charge in [-0.15, -0.1) is 0 Å². The zero-order valence-electron chi connectivity index (χ0n) is 14.6. The van der Waals surface area contributed by atoms with Gasteiger partial charge in [0.05, 0.1) is 24.9 Å². The van der Waals surface area contributed by atoms with Crippen molar-refractivity contribution >= 4 is 16.0 Å². The Bertz CT molecular complexity index is 798. The maximum atomic E-state index is 12.5. The van der Waals surface area contributed by atoms with Crippen molar-refractivity contribution in [3.8, 4) is 0 Å². The molecule has 1 amide bonds. The van der Waals surface area contributed by atoms with Gasteiger partial charge in [0.15, 0.2) is 6.29 Å². The van der Waals surface area contributed by atoms with Crippen LogP contribution < -0.4 is 5.32 Å². The predicted molar refractivity (Wildman–Crippen MR) is 93.1 cm³/mol. The molecule has 1 fully saturated rings. The van der Waals surface area contributed by atoms with Crippen LogP contribution >= 0.6 is 0 Å². The highest BCUT2D eigenvalue weighted by atomic mass is 32.2. The molecule has 0 aromatic heterocycles. The zero-order valence-corrected chi connectivity index (χ0v) is 15.4. The van der Waals surface area contributed by atoms with Crippen LogP contribution in [0.25, 0.3) is 10.4 Å². The summed E-state index contributed by atoms with van der Waals surface area (Å²) in [5.41, 5.74) is 9.25. The van der Waals surface area contributed by atoms with E-state index in [0.29, 0.717) is 5.56 Å². The maximum absolute atomic E-state index is 12.5. The molecule has 1 aliphatic heterocycles. The molecule has 1 saturated heterocycles. The zero-order chi connectivity index (χ0) is 20.0. The van der Waals surface area contributed by atoms with Gasteiger partial charge < -0.3 is 19.9 Å². The van der Waals surface area contributed by atoms with Crippen molar-refractivity contribution < 1.29 is 32.0 Å². The number of nitrogens with one attached hydrogen (secondary N) is 1. The first kappa shape index (κ1) is 21.1. The Morgan fingerprint density at radius 3 is 2.59 bits per heavy atom. The summed E-state index contributed by atoms with van der Waals surface area (Å²) in [6.45, 7) is -0.614. The van der Waals surface area contributed by atoms with E-state index in [0.717, 1.165) is 6.26 Å². The second-order valence-corrected chi connectivity index (χ2v) is 7.39. The molecular weight excluding hydrogens is 380 g/mol. The van der Waals surface area contributed by atoms with Gasteiger partial charge in [-0.2, -0.15) is 8.42 Å². The van der Waals surface area contributed by atoms with Gasteiger partial charge >= 0.3 is 0 Å². The van der Waals surface area contributed by atoms with Crippen LogP contribution in [0.1, 0.15) is 10.4 Å². The number of hydrogen-bond donors (Lipinski definition) is 2. The summed E-state index contributed by atoms with van der Waals surface area (Å²) in [5.74, 6) is -0.509. The molecule has 0 unspecified atom stereocenters. The van der Waals surface area contributed by atoms with Crippen molar-refractivity contribution in [1.29, 1.82) is 0 Å². The van der Waals surface area contributed by atoms with E-state index in [2.05, 4.69) is 15.3 Å². The second kappa shape index (κ2) is 9.13. The molecule has 11 nitrogen and oxygen atoms in total. The number of aliphatic hydroxyl groups excluding tert-OH is 1. The molecule has 1 aromatic rings. The molecule has 0 radical (unpaired) electrons. The smallest absolute Gasteiger partial charge is 0.264 e. The van der Waals surface area contributed by atoms with E-state index in [1.807, 2.05) is 0 Å². The normalized spacial score (nSPS) is 28.2. The van der Waals surface area contributed by atoms with Crippen LogP contribution in [0.15, 0.2) is 35.4 Å². The van der Waals surface area contributed by atoms with Crippen molar-refractivity contribution in [3.05, 3.63) is 46.3 Å². The third kappa shape index (κ3) is 5.39. The lowest BCUT2D eigenvalue weighted by molar-refractivity contribution is -0.231. The molecule has 27 heavy (non-hydrogen) atoms. The van der Waals surface area contributed by atoms with Gasteiger partial charge in [0.1, 0.15) is 12.2 Å². The van der Waals surface area contributed by atoms with Gasteiger partial charge in [0, 0.05) is 17.6 Å². The molecule has 1 heterocycles.